The lowest BCUT2D eigenvalue weighted by atomic mass is 9.73. The van der Waals surface area contributed by atoms with Crippen molar-refractivity contribution in [3.8, 4) is 0 Å². The second-order valence-electron chi connectivity index (χ2n) is 6.91. The maximum absolute atomic E-state index is 12.1. The molecule has 0 aromatic rings. The SMILES string of the molecule is CC(C)(C)OC(=O)N1CC[C@H]2C[C@H](N=[N+]=[N-])CC[C@@H]2C1. The van der Waals surface area contributed by atoms with Gasteiger partial charge in [0.25, 0.3) is 0 Å². The molecule has 1 heterocycles. The van der Waals surface area contributed by atoms with Crippen molar-refractivity contribution in [2.75, 3.05) is 13.1 Å². The van der Waals surface area contributed by atoms with E-state index in [1.807, 2.05) is 25.7 Å². The van der Waals surface area contributed by atoms with Crippen molar-refractivity contribution in [1.29, 1.82) is 0 Å². The summed E-state index contributed by atoms with van der Waals surface area (Å²) in [5, 5.41) is 3.85. The average Bonchev–Trinajstić information content (AvgIpc) is 2.36. The minimum absolute atomic E-state index is 0.148. The minimum atomic E-state index is -0.437. The van der Waals surface area contributed by atoms with Crippen LogP contribution < -0.4 is 0 Å². The van der Waals surface area contributed by atoms with E-state index in [1.165, 1.54) is 0 Å². The maximum Gasteiger partial charge on any atom is 0.410 e. The van der Waals surface area contributed by atoms with Gasteiger partial charge in [0, 0.05) is 24.0 Å². The van der Waals surface area contributed by atoms with Crippen LogP contribution in [0.25, 0.3) is 10.4 Å². The maximum atomic E-state index is 12.1. The number of amides is 1. The van der Waals surface area contributed by atoms with E-state index < -0.39 is 5.60 Å². The Morgan fingerprint density at radius 3 is 2.70 bits per heavy atom. The van der Waals surface area contributed by atoms with Crippen LogP contribution in [0.2, 0.25) is 0 Å². The molecule has 0 N–H and O–H groups in total. The fourth-order valence-electron chi connectivity index (χ4n) is 3.26. The van der Waals surface area contributed by atoms with E-state index >= 15 is 0 Å². The molecular weight excluding hydrogens is 256 g/mol. The molecule has 2 fully saturated rings. The summed E-state index contributed by atoms with van der Waals surface area (Å²) < 4.78 is 5.44. The van der Waals surface area contributed by atoms with Crippen molar-refractivity contribution in [2.45, 2.75) is 58.1 Å². The Morgan fingerprint density at radius 2 is 2.05 bits per heavy atom. The number of piperidine rings is 1. The molecule has 0 spiro atoms. The van der Waals surface area contributed by atoms with Gasteiger partial charge in [-0.3, -0.25) is 0 Å². The average molecular weight is 280 g/mol. The fourth-order valence-corrected chi connectivity index (χ4v) is 3.26. The van der Waals surface area contributed by atoms with Gasteiger partial charge in [-0.2, -0.15) is 0 Å². The van der Waals surface area contributed by atoms with Crippen LogP contribution >= 0.6 is 0 Å². The van der Waals surface area contributed by atoms with E-state index in [1.54, 1.807) is 0 Å². The van der Waals surface area contributed by atoms with Crippen molar-refractivity contribution in [1.82, 2.24) is 4.90 Å². The standard InChI is InChI=1S/C14H24N4O2/c1-14(2,3)20-13(19)18-7-6-10-8-12(16-17-15)5-4-11(10)9-18/h10-12H,4-9H2,1-3H3/t10-,11+,12+/m0/s1. The third-order valence-corrected chi connectivity index (χ3v) is 4.20. The molecule has 1 aliphatic heterocycles. The van der Waals surface area contributed by atoms with E-state index in [-0.39, 0.29) is 12.1 Å². The molecule has 20 heavy (non-hydrogen) atoms. The molecule has 6 heteroatoms. The molecule has 2 rings (SSSR count). The third-order valence-electron chi connectivity index (χ3n) is 4.20. The van der Waals surface area contributed by atoms with Crippen molar-refractivity contribution in [3.05, 3.63) is 10.4 Å². The molecule has 0 radical (unpaired) electrons. The molecule has 112 valence electrons. The normalized spacial score (nSPS) is 30.1. The summed E-state index contributed by atoms with van der Waals surface area (Å²) in [4.78, 5) is 16.8. The predicted molar refractivity (Wildman–Crippen MR) is 76.2 cm³/mol. The van der Waals surface area contributed by atoms with E-state index in [4.69, 9.17) is 10.3 Å². The second kappa shape index (κ2) is 5.92. The number of nitrogens with zero attached hydrogens (tertiary/aromatic N) is 4. The molecule has 1 saturated carbocycles. The van der Waals surface area contributed by atoms with E-state index in [0.29, 0.717) is 11.8 Å². The molecule has 1 aliphatic carbocycles. The summed E-state index contributed by atoms with van der Waals surface area (Å²) in [6.07, 6.45) is 3.73. The number of ether oxygens (including phenoxy) is 1. The zero-order chi connectivity index (χ0) is 14.8. The minimum Gasteiger partial charge on any atom is -0.444 e. The first-order chi connectivity index (χ1) is 9.39. The van der Waals surface area contributed by atoms with Gasteiger partial charge in [-0.25, -0.2) is 4.79 Å². The number of likely N-dealkylation sites (tertiary alicyclic amines) is 1. The van der Waals surface area contributed by atoms with Crippen LogP contribution in [0.15, 0.2) is 5.11 Å². The fraction of sp³-hybridized carbons (Fsp3) is 0.929. The van der Waals surface area contributed by atoms with Crippen LogP contribution in [-0.2, 0) is 4.74 Å². The van der Waals surface area contributed by atoms with E-state index in [9.17, 15) is 4.79 Å². The van der Waals surface area contributed by atoms with Gasteiger partial charge in [-0.1, -0.05) is 5.11 Å². The van der Waals surface area contributed by atoms with Crippen LogP contribution in [0.4, 0.5) is 4.79 Å². The second-order valence-corrected chi connectivity index (χ2v) is 6.91. The molecule has 0 aromatic heterocycles. The number of fused-ring (bicyclic) bond motifs is 1. The molecule has 1 amide bonds. The quantitative estimate of drug-likeness (QED) is 0.417. The number of rotatable bonds is 1. The van der Waals surface area contributed by atoms with Gasteiger partial charge in [-0.15, -0.1) is 0 Å². The Morgan fingerprint density at radius 1 is 1.30 bits per heavy atom. The highest BCUT2D eigenvalue weighted by atomic mass is 16.6. The van der Waals surface area contributed by atoms with E-state index in [0.717, 1.165) is 38.8 Å². The molecule has 0 unspecified atom stereocenters. The third kappa shape index (κ3) is 3.79. The van der Waals surface area contributed by atoms with Gasteiger partial charge in [0.2, 0.25) is 0 Å². The molecule has 0 aromatic carbocycles. The Bertz CT molecular complexity index is 412. The Balaban J connectivity index is 1.89. The first-order valence-electron chi connectivity index (χ1n) is 7.41. The zero-order valence-corrected chi connectivity index (χ0v) is 12.6. The summed E-state index contributed by atoms with van der Waals surface area (Å²) in [5.41, 5.74) is 8.09. The van der Waals surface area contributed by atoms with Crippen LogP contribution in [-0.4, -0.2) is 35.7 Å². The van der Waals surface area contributed by atoms with Crippen LogP contribution in [0.1, 0.15) is 46.5 Å². The largest absolute Gasteiger partial charge is 0.444 e. The van der Waals surface area contributed by atoms with Gasteiger partial charge in [-0.05, 0) is 63.8 Å². The van der Waals surface area contributed by atoms with Crippen molar-refractivity contribution in [2.24, 2.45) is 17.0 Å². The van der Waals surface area contributed by atoms with Gasteiger partial charge in [0.1, 0.15) is 5.60 Å². The molecule has 6 nitrogen and oxygen atoms in total. The van der Waals surface area contributed by atoms with Crippen molar-refractivity contribution >= 4 is 6.09 Å². The van der Waals surface area contributed by atoms with Crippen LogP contribution in [0.3, 0.4) is 0 Å². The highest BCUT2D eigenvalue weighted by Gasteiger charge is 2.37. The highest BCUT2D eigenvalue weighted by Crippen LogP contribution is 2.37. The van der Waals surface area contributed by atoms with Crippen LogP contribution in [0.5, 0.6) is 0 Å². The number of carbonyl (C=O) groups is 1. The van der Waals surface area contributed by atoms with Gasteiger partial charge < -0.3 is 9.64 Å². The lowest BCUT2D eigenvalue weighted by Gasteiger charge is -2.42. The first-order valence-corrected chi connectivity index (χ1v) is 7.41. The summed E-state index contributed by atoms with van der Waals surface area (Å²) in [6, 6.07) is 0.148. The number of hydrogen-bond acceptors (Lipinski definition) is 3. The molecule has 3 atom stereocenters. The van der Waals surface area contributed by atoms with Crippen molar-refractivity contribution in [3.63, 3.8) is 0 Å². The van der Waals surface area contributed by atoms with Gasteiger partial charge in [0.05, 0.1) is 0 Å². The molecule has 0 bridgehead atoms. The highest BCUT2D eigenvalue weighted by molar-refractivity contribution is 5.68. The molecule has 1 saturated heterocycles. The topological polar surface area (TPSA) is 78.3 Å². The Kier molecular flexibility index (Phi) is 4.43. The van der Waals surface area contributed by atoms with Crippen LogP contribution in [0, 0.1) is 11.8 Å². The summed E-state index contributed by atoms with van der Waals surface area (Å²) in [5.74, 6) is 1.11. The summed E-state index contributed by atoms with van der Waals surface area (Å²) >= 11 is 0. The lowest BCUT2D eigenvalue weighted by Crippen LogP contribution is -2.47. The number of azide groups is 1. The molecule has 2 aliphatic rings. The van der Waals surface area contributed by atoms with Gasteiger partial charge in [0.15, 0.2) is 0 Å². The van der Waals surface area contributed by atoms with Crippen molar-refractivity contribution < 1.29 is 9.53 Å². The van der Waals surface area contributed by atoms with Gasteiger partial charge >= 0.3 is 6.09 Å². The molecular formula is C14H24N4O2. The predicted octanol–water partition coefficient (Wildman–Crippen LogP) is 3.72. The Labute approximate surface area is 120 Å². The lowest BCUT2D eigenvalue weighted by molar-refractivity contribution is 0.00464. The Hall–Kier alpha value is -1.42. The monoisotopic (exact) mass is 280 g/mol. The summed E-state index contributed by atoms with van der Waals surface area (Å²) in [7, 11) is 0. The zero-order valence-electron chi connectivity index (χ0n) is 12.6. The van der Waals surface area contributed by atoms with E-state index in [2.05, 4.69) is 10.0 Å². The number of hydrogen-bond donors (Lipinski definition) is 0. The number of carbonyl (C=O) groups excluding carboxylic acids is 1. The smallest absolute Gasteiger partial charge is 0.410 e. The first kappa shape index (κ1) is 15.0. The summed E-state index contributed by atoms with van der Waals surface area (Å²) in [6.45, 7) is 7.20.